The number of hydrogen-bond acceptors (Lipinski definition) is 9. The first-order valence-corrected chi connectivity index (χ1v) is 13.2. The molecule has 0 spiro atoms. The van der Waals surface area contributed by atoms with E-state index in [9.17, 15) is 0 Å². The zero-order valence-corrected chi connectivity index (χ0v) is 19.0. The van der Waals surface area contributed by atoms with Gasteiger partial charge in [-0.2, -0.15) is 0 Å². The van der Waals surface area contributed by atoms with Gasteiger partial charge in [0.05, 0.1) is 18.2 Å². The van der Waals surface area contributed by atoms with E-state index in [1.54, 1.807) is 57.1 Å². The highest BCUT2D eigenvalue weighted by atomic mass is 32.2. The van der Waals surface area contributed by atoms with Crippen LogP contribution in [-0.2, 0) is 0 Å². The van der Waals surface area contributed by atoms with Crippen LogP contribution >= 0.6 is 57.1 Å². The van der Waals surface area contributed by atoms with Crippen LogP contribution in [0.25, 0.3) is 19.5 Å². The van der Waals surface area contributed by atoms with Crippen molar-refractivity contribution < 1.29 is 18.9 Å². The molecular formula is C20H14O4S5. The molecule has 0 radical (unpaired) electrons. The molecular weight excluding hydrogens is 465 g/mol. The Morgan fingerprint density at radius 3 is 1.62 bits per heavy atom. The predicted molar refractivity (Wildman–Crippen MR) is 121 cm³/mol. The van der Waals surface area contributed by atoms with E-state index in [1.165, 1.54) is 18.2 Å². The van der Waals surface area contributed by atoms with E-state index in [4.69, 9.17) is 18.9 Å². The lowest BCUT2D eigenvalue weighted by Gasteiger charge is -2.15. The maximum absolute atomic E-state index is 5.83. The van der Waals surface area contributed by atoms with Crippen LogP contribution in [-0.4, -0.2) is 26.4 Å². The van der Waals surface area contributed by atoms with Gasteiger partial charge in [-0.15, -0.1) is 45.3 Å². The highest BCUT2D eigenvalue weighted by molar-refractivity contribution is 8.03. The molecule has 0 unspecified atom stereocenters. The predicted octanol–water partition coefficient (Wildman–Crippen LogP) is 6.96. The molecule has 4 nitrogen and oxygen atoms in total. The summed E-state index contributed by atoms with van der Waals surface area (Å²) in [6.45, 7) is 2.48. The average Bonchev–Trinajstić information content (AvgIpc) is 3.53. The summed E-state index contributed by atoms with van der Waals surface area (Å²) < 4.78 is 25.5. The molecule has 6 rings (SSSR count). The van der Waals surface area contributed by atoms with Crippen LogP contribution in [0.3, 0.4) is 0 Å². The summed E-state index contributed by atoms with van der Waals surface area (Å²) in [4.78, 5) is 4.76. The Bertz CT molecular complexity index is 1080. The second kappa shape index (κ2) is 7.55. The number of ether oxygens (including phenoxy) is 4. The third kappa shape index (κ3) is 3.34. The van der Waals surface area contributed by atoms with Crippen molar-refractivity contribution in [3.63, 3.8) is 0 Å². The SMILES string of the molecule is c1cc(-c2scc3c2OCCO3)sc1Sc1ccc(-c2scc3c2OCCO3)s1. The molecule has 148 valence electrons. The van der Waals surface area contributed by atoms with E-state index in [0.717, 1.165) is 32.8 Å². The van der Waals surface area contributed by atoms with E-state index in [0.29, 0.717) is 26.4 Å². The van der Waals surface area contributed by atoms with Gasteiger partial charge in [0.25, 0.3) is 0 Å². The average molecular weight is 479 g/mol. The summed E-state index contributed by atoms with van der Waals surface area (Å²) >= 11 is 8.75. The number of rotatable bonds is 4. The lowest BCUT2D eigenvalue weighted by Crippen LogP contribution is -2.14. The molecule has 29 heavy (non-hydrogen) atoms. The second-order valence-corrected chi connectivity index (χ2v) is 11.8. The van der Waals surface area contributed by atoms with Gasteiger partial charge < -0.3 is 18.9 Å². The molecule has 0 N–H and O–H groups in total. The first kappa shape index (κ1) is 18.1. The van der Waals surface area contributed by atoms with Gasteiger partial charge in [0.15, 0.2) is 23.0 Å². The molecule has 0 bridgehead atoms. The lowest BCUT2D eigenvalue weighted by molar-refractivity contribution is 0.174. The van der Waals surface area contributed by atoms with Gasteiger partial charge in [0.1, 0.15) is 26.4 Å². The quantitative estimate of drug-likeness (QED) is 0.317. The van der Waals surface area contributed by atoms with Crippen LogP contribution in [0, 0.1) is 0 Å². The zero-order valence-electron chi connectivity index (χ0n) is 15.0. The maximum Gasteiger partial charge on any atom is 0.180 e. The smallest absolute Gasteiger partial charge is 0.180 e. The lowest BCUT2D eigenvalue weighted by atomic mass is 10.3. The van der Waals surface area contributed by atoms with Crippen molar-refractivity contribution in [2.24, 2.45) is 0 Å². The van der Waals surface area contributed by atoms with Crippen molar-refractivity contribution in [1.29, 1.82) is 0 Å². The molecule has 0 amide bonds. The van der Waals surface area contributed by atoms with Gasteiger partial charge in [-0.3, -0.25) is 0 Å². The molecule has 6 heterocycles. The minimum Gasteiger partial charge on any atom is -0.485 e. The first-order valence-electron chi connectivity index (χ1n) is 8.97. The molecule has 2 aliphatic heterocycles. The standard InChI is InChI=1S/C20H14O4S5/c1-3-15(27-13(1)19-17-11(9-25-19)21-5-7-23-17)29-16-4-2-14(28-16)20-18-12(10-26-20)22-6-8-24-18/h1-4,9-10H,5-8H2. The third-order valence-corrected chi connectivity index (χ3v) is 10.1. The summed E-state index contributed by atoms with van der Waals surface area (Å²) in [5.74, 6) is 3.52. The Hall–Kier alpha value is -1.65. The summed E-state index contributed by atoms with van der Waals surface area (Å²) in [5, 5.41) is 4.07. The van der Waals surface area contributed by atoms with E-state index in [2.05, 4.69) is 24.3 Å². The van der Waals surface area contributed by atoms with E-state index in [1.807, 2.05) is 10.8 Å². The fraction of sp³-hybridized carbons (Fsp3) is 0.200. The molecule has 4 aromatic rings. The van der Waals surface area contributed by atoms with Gasteiger partial charge >= 0.3 is 0 Å². The van der Waals surface area contributed by atoms with Crippen molar-refractivity contribution in [3.8, 4) is 42.5 Å². The first-order chi connectivity index (χ1) is 14.3. The Balaban J connectivity index is 1.23. The van der Waals surface area contributed by atoms with E-state index >= 15 is 0 Å². The molecule has 2 aliphatic rings. The minimum atomic E-state index is 0.614. The normalized spacial score (nSPS) is 14.9. The summed E-state index contributed by atoms with van der Waals surface area (Å²) in [6, 6.07) is 8.71. The number of hydrogen-bond donors (Lipinski definition) is 0. The molecule has 4 aromatic heterocycles. The molecule has 0 aliphatic carbocycles. The fourth-order valence-corrected chi connectivity index (χ4v) is 8.79. The Morgan fingerprint density at radius 2 is 1.10 bits per heavy atom. The van der Waals surface area contributed by atoms with Gasteiger partial charge in [-0.05, 0) is 24.3 Å². The second-order valence-electron chi connectivity index (χ2n) is 6.25. The van der Waals surface area contributed by atoms with Crippen molar-refractivity contribution in [2.75, 3.05) is 26.4 Å². The minimum absolute atomic E-state index is 0.614. The summed E-state index contributed by atoms with van der Waals surface area (Å²) in [7, 11) is 0. The molecule has 0 saturated heterocycles. The summed E-state index contributed by atoms with van der Waals surface area (Å²) in [5.41, 5.74) is 0. The topological polar surface area (TPSA) is 36.9 Å². The van der Waals surface area contributed by atoms with Crippen LogP contribution in [0.2, 0.25) is 0 Å². The molecule has 0 fully saturated rings. The monoisotopic (exact) mass is 478 g/mol. The summed E-state index contributed by atoms with van der Waals surface area (Å²) in [6.07, 6.45) is 0. The van der Waals surface area contributed by atoms with Gasteiger partial charge in [0, 0.05) is 20.5 Å². The highest BCUT2D eigenvalue weighted by Crippen LogP contribution is 2.51. The molecule has 9 heteroatoms. The Labute approximate surface area is 187 Å². The van der Waals surface area contributed by atoms with E-state index < -0.39 is 0 Å². The van der Waals surface area contributed by atoms with Gasteiger partial charge in [-0.25, -0.2) is 0 Å². The van der Waals surface area contributed by atoms with Crippen LogP contribution in [0.5, 0.6) is 23.0 Å². The third-order valence-electron chi connectivity index (χ3n) is 4.41. The largest absolute Gasteiger partial charge is 0.485 e. The molecule has 0 saturated carbocycles. The van der Waals surface area contributed by atoms with Crippen molar-refractivity contribution in [3.05, 3.63) is 35.0 Å². The van der Waals surface area contributed by atoms with Gasteiger partial charge in [-0.1, -0.05) is 11.8 Å². The van der Waals surface area contributed by atoms with Gasteiger partial charge in [0.2, 0.25) is 0 Å². The number of fused-ring (bicyclic) bond motifs is 2. The van der Waals surface area contributed by atoms with Crippen molar-refractivity contribution >= 4 is 57.1 Å². The molecule has 0 atom stereocenters. The number of thiophene rings is 4. The van der Waals surface area contributed by atoms with Crippen LogP contribution in [0.4, 0.5) is 0 Å². The van der Waals surface area contributed by atoms with Crippen molar-refractivity contribution in [2.45, 2.75) is 8.42 Å². The zero-order chi connectivity index (χ0) is 19.2. The Morgan fingerprint density at radius 1 is 0.621 bits per heavy atom. The van der Waals surface area contributed by atoms with E-state index in [-0.39, 0.29) is 0 Å². The fourth-order valence-electron chi connectivity index (χ4n) is 3.16. The highest BCUT2D eigenvalue weighted by Gasteiger charge is 2.22. The van der Waals surface area contributed by atoms with Crippen LogP contribution < -0.4 is 18.9 Å². The molecule has 0 aromatic carbocycles. The van der Waals surface area contributed by atoms with Crippen LogP contribution in [0.15, 0.2) is 43.4 Å². The van der Waals surface area contributed by atoms with Crippen LogP contribution in [0.1, 0.15) is 0 Å². The van der Waals surface area contributed by atoms with Crippen molar-refractivity contribution in [1.82, 2.24) is 0 Å². The maximum atomic E-state index is 5.83. The Kier molecular flexibility index (Phi) is 4.73.